The summed E-state index contributed by atoms with van der Waals surface area (Å²) in [5.74, 6) is 1.00. The third-order valence-corrected chi connectivity index (χ3v) is 4.08. The Morgan fingerprint density at radius 3 is 2.68 bits per heavy atom. The fourth-order valence-electron chi connectivity index (χ4n) is 2.83. The van der Waals surface area contributed by atoms with Crippen molar-refractivity contribution in [1.29, 1.82) is 0 Å². The Bertz CT molecular complexity index is 814. The minimum atomic E-state index is -0.220. The second kappa shape index (κ2) is 5.45. The van der Waals surface area contributed by atoms with Gasteiger partial charge in [0.05, 0.1) is 0 Å². The first-order valence-corrected chi connectivity index (χ1v) is 7.57. The summed E-state index contributed by atoms with van der Waals surface area (Å²) in [7, 11) is 0. The van der Waals surface area contributed by atoms with Crippen LogP contribution in [-0.4, -0.2) is 11.9 Å². The van der Waals surface area contributed by atoms with Crippen molar-refractivity contribution in [2.24, 2.45) is 0 Å². The maximum absolute atomic E-state index is 13.5. The van der Waals surface area contributed by atoms with Gasteiger partial charge >= 0.3 is 6.92 Å². The molecule has 2 aromatic carbocycles. The van der Waals surface area contributed by atoms with Gasteiger partial charge in [-0.05, 0) is 35.5 Å². The van der Waals surface area contributed by atoms with Gasteiger partial charge in [-0.15, -0.1) is 0 Å². The molecule has 1 aliphatic carbocycles. The average Bonchev–Trinajstić information content (AvgIpc) is 3.37. The smallest absolute Gasteiger partial charge is 0.394 e. The van der Waals surface area contributed by atoms with E-state index in [0.29, 0.717) is 5.82 Å². The lowest BCUT2D eigenvalue weighted by molar-refractivity contribution is 0.580. The highest BCUT2D eigenvalue weighted by atomic mass is 19.1. The van der Waals surface area contributed by atoms with Crippen LogP contribution in [0.4, 0.5) is 4.39 Å². The van der Waals surface area contributed by atoms with E-state index in [9.17, 15) is 4.39 Å². The number of rotatable bonds is 4. The van der Waals surface area contributed by atoms with E-state index in [2.05, 4.69) is 4.98 Å². The summed E-state index contributed by atoms with van der Waals surface area (Å²) >= 11 is 0. The largest absolute Gasteiger partial charge is 0.554 e. The molecular weight excluding hydrogens is 276 g/mol. The number of nitrogens with zero attached hydrogens (tertiary/aromatic N) is 1. The number of hydrogen-bond donors (Lipinski definition) is 0. The molecule has 0 unspecified atom stereocenters. The maximum atomic E-state index is 13.5. The van der Waals surface area contributed by atoms with Crippen LogP contribution >= 0.6 is 0 Å². The Morgan fingerprint density at radius 2 is 1.86 bits per heavy atom. The van der Waals surface area contributed by atoms with Gasteiger partial charge in [0, 0.05) is 11.6 Å². The van der Waals surface area contributed by atoms with Crippen LogP contribution in [0.5, 0.6) is 5.75 Å². The van der Waals surface area contributed by atoms with Crippen molar-refractivity contribution in [2.75, 3.05) is 0 Å². The number of para-hydroxylation sites is 1. The maximum Gasteiger partial charge on any atom is 0.394 e. The molecule has 4 heteroatoms. The molecule has 1 heterocycles. The molecular formula is C18H15BFNO. The predicted octanol–water partition coefficient (Wildman–Crippen LogP) is 3.82. The summed E-state index contributed by atoms with van der Waals surface area (Å²) in [6.45, 7) is -0.108. The molecule has 4 rings (SSSR count). The zero-order chi connectivity index (χ0) is 14.9. The van der Waals surface area contributed by atoms with Gasteiger partial charge in [0.15, 0.2) is 0 Å². The van der Waals surface area contributed by atoms with Crippen molar-refractivity contribution in [3.05, 3.63) is 66.6 Å². The number of fused-ring (bicyclic) bond motifs is 1. The molecule has 0 atom stereocenters. The lowest BCUT2D eigenvalue weighted by Crippen LogP contribution is -2.37. The number of benzene rings is 2. The Morgan fingerprint density at radius 1 is 1.05 bits per heavy atom. The summed E-state index contributed by atoms with van der Waals surface area (Å²) < 4.78 is 19.8. The summed E-state index contributed by atoms with van der Waals surface area (Å²) in [5.41, 5.74) is 1.75. The molecule has 1 aromatic heterocycles. The predicted molar refractivity (Wildman–Crippen MR) is 87.1 cm³/mol. The van der Waals surface area contributed by atoms with E-state index >= 15 is 0 Å². The van der Waals surface area contributed by atoms with Crippen molar-refractivity contribution < 1.29 is 9.04 Å². The van der Waals surface area contributed by atoms with Gasteiger partial charge in [-0.25, -0.2) is 4.39 Å². The van der Waals surface area contributed by atoms with Crippen molar-refractivity contribution in [1.82, 2.24) is 4.98 Å². The number of aromatic nitrogens is 1. The van der Waals surface area contributed by atoms with Gasteiger partial charge in [-0.1, -0.05) is 43.2 Å². The van der Waals surface area contributed by atoms with Gasteiger partial charge < -0.3 is 4.65 Å². The van der Waals surface area contributed by atoms with Crippen LogP contribution < -0.4 is 10.1 Å². The average molecular weight is 291 g/mol. The minimum absolute atomic E-state index is 0.108. The van der Waals surface area contributed by atoms with Crippen LogP contribution in [0, 0.1) is 5.82 Å². The Labute approximate surface area is 129 Å². The molecule has 0 spiro atoms. The van der Waals surface area contributed by atoms with Crippen LogP contribution in [0.2, 0.25) is 5.82 Å². The van der Waals surface area contributed by atoms with Gasteiger partial charge in [-0.3, -0.25) is 4.98 Å². The van der Waals surface area contributed by atoms with E-state index in [1.54, 1.807) is 18.3 Å². The topological polar surface area (TPSA) is 22.1 Å². The van der Waals surface area contributed by atoms with Crippen molar-refractivity contribution >= 4 is 23.3 Å². The van der Waals surface area contributed by atoms with Gasteiger partial charge in [-0.2, -0.15) is 0 Å². The fourth-order valence-corrected chi connectivity index (χ4v) is 2.83. The SMILES string of the molecule is Fc1cccc(B(Oc2cccc3cccnc23)C2CC2)c1. The zero-order valence-electron chi connectivity index (χ0n) is 12.1. The summed E-state index contributed by atoms with van der Waals surface area (Å²) in [5, 5.41) is 1.05. The van der Waals surface area contributed by atoms with Crippen LogP contribution in [0.15, 0.2) is 60.8 Å². The monoisotopic (exact) mass is 291 g/mol. The van der Waals surface area contributed by atoms with Crippen LogP contribution in [-0.2, 0) is 0 Å². The molecule has 0 radical (unpaired) electrons. The number of halogens is 1. The van der Waals surface area contributed by atoms with E-state index in [1.807, 2.05) is 36.4 Å². The van der Waals surface area contributed by atoms with Crippen LogP contribution in [0.1, 0.15) is 12.8 Å². The summed E-state index contributed by atoms with van der Waals surface area (Å²) in [4.78, 5) is 4.43. The highest BCUT2D eigenvalue weighted by Crippen LogP contribution is 2.40. The Hall–Kier alpha value is -2.36. The first-order valence-electron chi connectivity index (χ1n) is 7.57. The lowest BCUT2D eigenvalue weighted by Gasteiger charge is -2.17. The van der Waals surface area contributed by atoms with Crippen molar-refractivity contribution in [3.8, 4) is 5.75 Å². The fraction of sp³-hybridized carbons (Fsp3) is 0.167. The molecule has 0 saturated heterocycles. The quantitative estimate of drug-likeness (QED) is 0.682. The van der Waals surface area contributed by atoms with E-state index in [1.165, 1.54) is 6.07 Å². The third kappa shape index (κ3) is 2.57. The molecule has 2 nitrogen and oxygen atoms in total. The van der Waals surface area contributed by atoms with E-state index in [-0.39, 0.29) is 12.7 Å². The molecule has 3 aromatic rings. The number of pyridine rings is 1. The van der Waals surface area contributed by atoms with Gasteiger partial charge in [0.1, 0.15) is 17.1 Å². The van der Waals surface area contributed by atoms with E-state index in [0.717, 1.165) is 35.0 Å². The Balaban J connectivity index is 1.72. The molecule has 108 valence electrons. The molecule has 0 aliphatic heterocycles. The van der Waals surface area contributed by atoms with Crippen LogP contribution in [0.3, 0.4) is 0 Å². The summed E-state index contributed by atoms with van der Waals surface area (Å²) in [6, 6.07) is 16.6. The minimum Gasteiger partial charge on any atom is -0.554 e. The molecule has 1 saturated carbocycles. The van der Waals surface area contributed by atoms with E-state index in [4.69, 9.17) is 4.65 Å². The molecule has 0 N–H and O–H groups in total. The summed E-state index contributed by atoms with van der Waals surface area (Å²) in [6.07, 6.45) is 4.02. The lowest BCUT2D eigenvalue weighted by atomic mass is 9.56. The number of hydrogen-bond acceptors (Lipinski definition) is 2. The van der Waals surface area contributed by atoms with Crippen molar-refractivity contribution in [3.63, 3.8) is 0 Å². The normalized spacial score (nSPS) is 14.0. The second-order valence-corrected chi connectivity index (χ2v) is 5.76. The third-order valence-electron chi connectivity index (χ3n) is 4.08. The highest BCUT2D eigenvalue weighted by molar-refractivity contribution is 6.70. The molecule has 0 bridgehead atoms. The molecule has 1 fully saturated rings. The van der Waals surface area contributed by atoms with Gasteiger partial charge in [0.25, 0.3) is 0 Å². The molecule has 1 aliphatic rings. The van der Waals surface area contributed by atoms with Gasteiger partial charge in [0.2, 0.25) is 0 Å². The molecule has 0 amide bonds. The Kier molecular flexibility index (Phi) is 3.30. The standard InChI is InChI=1S/C18H15BFNO/c20-16-7-2-6-15(12-16)19(14-9-10-14)22-17-8-1-4-13-5-3-11-21-18(13)17/h1-8,11-12,14H,9-10H2. The highest BCUT2D eigenvalue weighted by Gasteiger charge is 2.39. The first kappa shape index (κ1) is 13.3. The second-order valence-electron chi connectivity index (χ2n) is 5.76. The van der Waals surface area contributed by atoms with E-state index < -0.39 is 0 Å². The zero-order valence-corrected chi connectivity index (χ0v) is 12.1. The van der Waals surface area contributed by atoms with Crippen LogP contribution in [0.25, 0.3) is 10.9 Å². The first-order chi connectivity index (χ1) is 10.8. The van der Waals surface area contributed by atoms with Crippen molar-refractivity contribution in [2.45, 2.75) is 18.7 Å². The molecule has 22 heavy (non-hydrogen) atoms.